The number of fused-ring (bicyclic) bond motifs is 1. The summed E-state index contributed by atoms with van der Waals surface area (Å²) in [6.07, 6.45) is 5.66. The van der Waals surface area contributed by atoms with Gasteiger partial charge in [0.05, 0.1) is 23.5 Å². The number of rotatable bonds is 2. The van der Waals surface area contributed by atoms with Crippen molar-refractivity contribution in [3.63, 3.8) is 0 Å². The molecule has 1 aliphatic rings. The van der Waals surface area contributed by atoms with E-state index >= 15 is 0 Å². The van der Waals surface area contributed by atoms with E-state index in [1.807, 2.05) is 12.1 Å². The first kappa shape index (κ1) is 11.3. The van der Waals surface area contributed by atoms with Gasteiger partial charge in [0.25, 0.3) is 0 Å². The fraction of sp³-hybridized carbons (Fsp3) is 0.467. The first-order chi connectivity index (χ1) is 8.79. The fourth-order valence-corrected chi connectivity index (χ4v) is 3.00. The quantitative estimate of drug-likeness (QED) is 0.806. The van der Waals surface area contributed by atoms with E-state index in [9.17, 15) is 0 Å². The van der Waals surface area contributed by atoms with Crippen LogP contribution in [0, 0.1) is 11.3 Å². The summed E-state index contributed by atoms with van der Waals surface area (Å²) in [5, 5.41) is 8.77. The van der Waals surface area contributed by atoms with Crippen molar-refractivity contribution < 1.29 is 0 Å². The van der Waals surface area contributed by atoms with Crippen LogP contribution < -0.4 is 0 Å². The Bertz CT molecular complexity index is 612. The van der Waals surface area contributed by atoms with Gasteiger partial charge in [0.2, 0.25) is 0 Å². The second-order valence-corrected chi connectivity index (χ2v) is 5.17. The smallest absolute Gasteiger partial charge is 0.112 e. The molecule has 0 amide bonds. The SMILES string of the molecule is Cn1c(C2CCCC2)nc2ccc(CC#N)cc21. The molecule has 1 saturated carbocycles. The Kier molecular flexibility index (Phi) is 2.79. The molecule has 0 radical (unpaired) electrons. The maximum Gasteiger partial charge on any atom is 0.112 e. The molecule has 0 atom stereocenters. The van der Waals surface area contributed by atoms with E-state index in [2.05, 4.69) is 23.8 Å². The lowest BCUT2D eigenvalue weighted by molar-refractivity contribution is 0.639. The van der Waals surface area contributed by atoms with Gasteiger partial charge in [-0.15, -0.1) is 0 Å². The first-order valence-corrected chi connectivity index (χ1v) is 6.62. The van der Waals surface area contributed by atoms with Crippen LogP contribution in [-0.4, -0.2) is 9.55 Å². The molecule has 18 heavy (non-hydrogen) atoms. The summed E-state index contributed by atoms with van der Waals surface area (Å²) >= 11 is 0. The third kappa shape index (κ3) is 1.78. The van der Waals surface area contributed by atoms with E-state index in [1.165, 1.54) is 31.5 Å². The van der Waals surface area contributed by atoms with Crippen LogP contribution in [0.5, 0.6) is 0 Å². The monoisotopic (exact) mass is 239 g/mol. The highest BCUT2D eigenvalue weighted by Crippen LogP contribution is 2.34. The molecule has 3 rings (SSSR count). The summed E-state index contributed by atoms with van der Waals surface area (Å²) in [5.74, 6) is 1.85. The second kappa shape index (κ2) is 4.45. The van der Waals surface area contributed by atoms with Gasteiger partial charge in [-0.05, 0) is 30.5 Å². The lowest BCUT2D eigenvalue weighted by atomic mass is 10.1. The predicted octanol–water partition coefficient (Wildman–Crippen LogP) is 3.30. The number of aryl methyl sites for hydroxylation is 1. The van der Waals surface area contributed by atoms with Crippen molar-refractivity contribution in [2.75, 3.05) is 0 Å². The van der Waals surface area contributed by atoms with Gasteiger partial charge in [-0.2, -0.15) is 5.26 Å². The number of hydrogen-bond donors (Lipinski definition) is 0. The van der Waals surface area contributed by atoms with E-state index in [0.29, 0.717) is 12.3 Å². The van der Waals surface area contributed by atoms with Gasteiger partial charge in [-0.25, -0.2) is 4.98 Å². The summed E-state index contributed by atoms with van der Waals surface area (Å²) in [7, 11) is 2.10. The molecule has 0 spiro atoms. The van der Waals surface area contributed by atoms with E-state index < -0.39 is 0 Å². The van der Waals surface area contributed by atoms with Crippen LogP contribution in [0.15, 0.2) is 18.2 Å². The van der Waals surface area contributed by atoms with E-state index in [1.54, 1.807) is 0 Å². The molecule has 2 aromatic rings. The summed E-state index contributed by atoms with van der Waals surface area (Å²) < 4.78 is 2.21. The Balaban J connectivity index is 2.07. The van der Waals surface area contributed by atoms with Crippen LogP contribution in [0.3, 0.4) is 0 Å². The van der Waals surface area contributed by atoms with Crippen LogP contribution in [0.4, 0.5) is 0 Å². The van der Waals surface area contributed by atoms with Gasteiger partial charge in [0.1, 0.15) is 5.82 Å². The van der Waals surface area contributed by atoms with Crippen molar-refractivity contribution in [2.45, 2.75) is 38.0 Å². The Morgan fingerprint density at radius 1 is 1.39 bits per heavy atom. The maximum absolute atomic E-state index is 8.77. The van der Waals surface area contributed by atoms with E-state index in [0.717, 1.165) is 16.6 Å². The summed E-state index contributed by atoms with van der Waals surface area (Å²) in [6.45, 7) is 0. The Hall–Kier alpha value is -1.82. The van der Waals surface area contributed by atoms with Crippen LogP contribution in [0.2, 0.25) is 0 Å². The van der Waals surface area contributed by atoms with E-state index in [-0.39, 0.29) is 0 Å². The van der Waals surface area contributed by atoms with Crippen LogP contribution in [0.1, 0.15) is 43.0 Å². The minimum Gasteiger partial charge on any atom is -0.331 e. The van der Waals surface area contributed by atoms with Gasteiger partial charge in [-0.3, -0.25) is 0 Å². The zero-order valence-corrected chi connectivity index (χ0v) is 10.7. The largest absolute Gasteiger partial charge is 0.331 e. The molecule has 0 N–H and O–H groups in total. The van der Waals surface area contributed by atoms with Gasteiger partial charge in [0, 0.05) is 13.0 Å². The topological polar surface area (TPSA) is 41.6 Å². The Morgan fingerprint density at radius 3 is 2.89 bits per heavy atom. The molecule has 0 bridgehead atoms. The molecule has 1 aromatic heterocycles. The van der Waals surface area contributed by atoms with Crippen molar-refractivity contribution in [3.8, 4) is 6.07 Å². The standard InChI is InChI=1S/C15H17N3/c1-18-14-10-11(8-9-16)6-7-13(14)17-15(18)12-4-2-3-5-12/h6-7,10,12H,2-5,8H2,1H3. The van der Waals surface area contributed by atoms with Crippen molar-refractivity contribution in [2.24, 2.45) is 7.05 Å². The third-order valence-electron chi connectivity index (χ3n) is 3.98. The van der Waals surface area contributed by atoms with Gasteiger partial charge < -0.3 is 4.57 Å². The molecular weight excluding hydrogens is 222 g/mol. The van der Waals surface area contributed by atoms with Crippen molar-refractivity contribution in [1.29, 1.82) is 5.26 Å². The summed E-state index contributed by atoms with van der Waals surface area (Å²) in [4.78, 5) is 4.78. The van der Waals surface area contributed by atoms with Crippen LogP contribution in [-0.2, 0) is 13.5 Å². The molecule has 0 saturated heterocycles. The van der Waals surface area contributed by atoms with Crippen molar-refractivity contribution in [1.82, 2.24) is 9.55 Å². The average Bonchev–Trinajstić information content (AvgIpc) is 2.99. The normalized spacial score (nSPS) is 16.2. The molecule has 3 heteroatoms. The molecular formula is C15H17N3. The number of nitriles is 1. The zero-order valence-electron chi connectivity index (χ0n) is 10.7. The molecule has 0 unspecified atom stereocenters. The molecule has 92 valence electrons. The zero-order chi connectivity index (χ0) is 12.5. The van der Waals surface area contributed by atoms with Crippen LogP contribution >= 0.6 is 0 Å². The first-order valence-electron chi connectivity index (χ1n) is 6.62. The summed E-state index contributed by atoms with van der Waals surface area (Å²) in [5.41, 5.74) is 3.29. The highest BCUT2D eigenvalue weighted by molar-refractivity contribution is 5.77. The Morgan fingerprint density at radius 2 is 2.17 bits per heavy atom. The number of nitrogens with zero attached hydrogens (tertiary/aromatic N) is 3. The molecule has 1 fully saturated rings. The maximum atomic E-state index is 8.77. The lowest BCUT2D eigenvalue weighted by Gasteiger charge is -2.08. The minimum absolute atomic E-state index is 0.472. The number of imidazole rings is 1. The molecule has 0 aliphatic heterocycles. The number of benzene rings is 1. The fourth-order valence-electron chi connectivity index (χ4n) is 3.00. The average molecular weight is 239 g/mol. The van der Waals surface area contributed by atoms with Gasteiger partial charge in [-0.1, -0.05) is 18.9 Å². The highest BCUT2D eigenvalue weighted by atomic mass is 15.1. The minimum atomic E-state index is 0.472. The van der Waals surface area contributed by atoms with Crippen LogP contribution in [0.25, 0.3) is 11.0 Å². The molecule has 1 heterocycles. The lowest BCUT2D eigenvalue weighted by Crippen LogP contribution is -2.02. The Labute approximate surface area is 107 Å². The highest BCUT2D eigenvalue weighted by Gasteiger charge is 2.22. The van der Waals surface area contributed by atoms with E-state index in [4.69, 9.17) is 10.2 Å². The molecule has 3 nitrogen and oxygen atoms in total. The van der Waals surface area contributed by atoms with Crippen molar-refractivity contribution >= 4 is 11.0 Å². The number of hydrogen-bond acceptors (Lipinski definition) is 2. The summed E-state index contributed by atoms with van der Waals surface area (Å²) in [6, 6.07) is 8.35. The predicted molar refractivity (Wildman–Crippen MR) is 71.2 cm³/mol. The number of aromatic nitrogens is 2. The molecule has 1 aromatic carbocycles. The second-order valence-electron chi connectivity index (χ2n) is 5.17. The molecule has 1 aliphatic carbocycles. The van der Waals surface area contributed by atoms with Gasteiger partial charge >= 0.3 is 0 Å². The van der Waals surface area contributed by atoms with Gasteiger partial charge in [0.15, 0.2) is 0 Å². The third-order valence-corrected chi connectivity index (χ3v) is 3.98. The van der Waals surface area contributed by atoms with Crippen molar-refractivity contribution in [3.05, 3.63) is 29.6 Å².